The molecular formula is C11H12N6O3. The van der Waals surface area contributed by atoms with E-state index in [9.17, 15) is 9.59 Å². The van der Waals surface area contributed by atoms with E-state index in [4.69, 9.17) is 0 Å². The van der Waals surface area contributed by atoms with E-state index in [1.54, 1.807) is 18.3 Å². The van der Waals surface area contributed by atoms with E-state index >= 15 is 0 Å². The van der Waals surface area contributed by atoms with Crippen molar-refractivity contribution in [2.24, 2.45) is 0 Å². The first kappa shape index (κ1) is 13.5. The Morgan fingerprint density at radius 2 is 2.20 bits per heavy atom. The predicted octanol–water partition coefficient (Wildman–Crippen LogP) is 0.490. The molecule has 0 saturated heterocycles. The fourth-order valence-electron chi connectivity index (χ4n) is 1.35. The van der Waals surface area contributed by atoms with Gasteiger partial charge in [-0.3, -0.25) is 15.1 Å². The molecule has 2 heterocycles. The first-order valence-corrected chi connectivity index (χ1v) is 5.62. The van der Waals surface area contributed by atoms with Gasteiger partial charge < -0.3 is 10.1 Å². The van der Waals surface area contributed by atoms with E-state index in [0.29, 0.717) is 5.69 Å². The SMILES string of the molecule is COC(=O)Nc1cnn(CC(=O)Nc2cccnc2)n1. The zero-order valence-corrected chi connectivity index (χ0v) is 10.6. The molecule has 9 nitrogen and oxygen atoms in total. The Bertz CT molecular complexity index is 597. The summed E-state index contributed by atoms with van der Waals surface area (Å²) >= 11 is 0. The number of carbonyl (C=O) groups is 2. The van der Waals surface area contributed by atoms with Crippen molar-refractivity contribution in [1.29, 1.82) is 0 Å². The second kappa shape index (κ2) is 6.27. The number of pyridine rings is 1. The van der Waals surface area contributed by atoms with Crippen molar-refractivity contribution < 1.29 is 14.3 Å². The summed E-state index contributed by atoms with van der Waals surface area (Å²) in [7, 11) is 1.24. The summed E-state index contributed by atoms with van der Waals surface area (Å²) in [4.78, 5) is 27.7. The molecule has 20 heavy (non-hydrogen) atoms. The fourth-order valence-corrected chi connectivity index (χ4v) is 1.35. The van der Waals surface area contributed by atoms with E-state index < -0.39 is 6.09 Å². The second-order valence-corrected chi connectivity index (χ2v) is 3.67. The van der Waals surface area contributed by atoms with Crippen LogP contribution < -0.4 is 10.6 Å². The third-order valence-corrected chi connectivity index (χ3v) is 2.18. The summed E-state index contributed by atoms with van der Waals surface area (Å²) in [5, 5.41) is 12.7. The van der Waals surface area contributed by atoms with Gasteiger partial charge >= 0.3 is 6.09 Å². The van der Waals surface area contributed by atoms with Crippen LogP contribution in [0.4, 0.5) is 16.3 Å². The van der Waals surface area contributed by atoms with Crippen LogP contribution in [0.25, 0.3) is 0 Å². The summed E-state index contributed by atoms with van der Waals surface area (Å²) in [6.07, 6.45) is 3.79. The molecule has 0 aliphatic heterocycles. The molecule has 0 aromatic carbocycles. The highest BCUT2D eigenvalue weighted by Crippen LogP contribution is 2.03. The number of amides is 2. The Balaban J connectivity index is 1.90. The van der Waals surface area contributed by atoms with Crippen LogP contribution in [0.3, 0.4) is 0 Å². The van der Waals surface area contributed by atoms with Crippen LogP contribution in [0.5, 0.6) is 0 Å². The molecule has 104 valence electrons. The molecule has 0 atom stereocenters. The van der Waals surface area contributed by atoms with Crippen LogP contribution in [0.2, 0.25) is 0 Å². The number of hydrogen-bond acceptors (Lipinski definition) is 6. The average molecular weight is 276 g/mol. The van der Waals surface area contributed by atoms with Gasteiger partial charge in [-0.15, -0.1) is 5.10 Å². The minimum absolute atomic E-state index is 0.0856. The molecule has 2 rings (SSSR count). The van der Waals surface area contributed by atoms with Crippen LogP contribution in [-0.2, 0) is 16.1 Å². The number of aromatic nitrogens is 4. The highest BCUT2D eigenvalue weighted by molar-refractivity contribution is 5.90. The van der Waals surface area contributed by atoms with E-state index in [-0.39, 0.29) is 18.3 Å². The largest absolute Gasteiger partial charge is 0.453 e. The zero-order chi connectivity index (χ0) is 14.4. The lowest BCUT2D eigenvalue weighted by atomic mass is 10.4. The van der Waals surface area contributed by atoms with Crippen molar-refractivity contribution in [1.82, 2.24) is 20.0 Å². The standard InChI is InChI=1S/C11H12N6O3/c1-20-11(19)15-9-6-13-17(16-9)7-10(18)14-8-3-2-4-12-5-8/h2-6H,7H2,1H3,(H,14,18)(H,15,16,19). The summed E-state index contributed by atoms with van der Waals surface area (Å²) in [5.74, 6) is -0.107. The van der Waals surface area contributed by atoms with E-state index in [2.05, 4.69) is 30.6 Å². The molecule has 0 aliphatic carbocycles. The topological polar surface area (TPSA) is 111 Å². The van der Waals surface area contributed by atoms with Gasteiger partial charge in [-0.05, 0) is 12.1 Å². The van der Waals surface area contributed by atoms with Gasteiger partial charge in [-0.25, -0.2) is 4.79 Å². The van der Waals surface area contributed by atoms with Gasteiger partial charge in [0.2, 0.25) is 5.91 Å². The molecule has 0 aliphatic rings. The molecule has 0 unspecified atom stereocenters. The number of carbonyl (C=O) groups excluding carboxylic acids is 2. The van der Waals surface area contributed by atoms with Gasteiger partial charge in [0.25, 0.3) is 0 Å². The van der Waals surface area contributed by atoms with E-state index in [1.165, 1.54) is 19.5 Å². The van der Waals surface area contributed by atoms with E-state index in [0.717, 1.165) is 4.80 Å². The number of anilines is 2. The first-order valence-electron chi connectivity index (χ1n) is 5.62. The van der Waals surface area contributed by atoms with Gasteiger partial charge in [-0.1, -0.05) is 0 Å². The number of rotatable bonds is 4. The second-order valence-electron chi connectivity index (χ2n) is 3.67. The summed E-state index contributed by atoms with van der Waals surface area (Å²) < 4.78 is 4.41. The smallest absolute Gasteiger partial charge is 0.412 e. The number of hydrogen-bond donors (Lipinski definition) is 2. The summed E-state index contributed by atoms with van der Waals surface area (Å²) in [6, 6.07) is 3.42. The highest BCUT2D eigenvalue weighted by Gasteiger charge is 2.08. The van der Waals surface area contributed by atoms with Crippen molar-refractivity contribution in [3.8, 4) is 0 Å². The molecule has 0 spiro atoms. The van der Waals surface area contributed by atoms with Crippen molar-refractivity contribution in [2.75, 3.05) is 17.7 Å². The maximum atomic E-state index is 11.7. The fraction of sp³-hybridized carbons (Fsp3) is 0.182. The zero-order valence-electron chi connectivity index (χ0n) is 10.6. The van der Waals surface area contributed by atoms with Crippen LogP contribution in [0.1, 0.15) is 0 Å². The number of methoxy groups -OCH3 is 1. The minimum Gasteiger partial charge on any atom is -0.453 e. The predicted molar refractivity (Wildman–Crippen MR) is 68.9 cm³/mol. The number of nitrogens with one attached hydrogen (secondary N) is 2. The van der Waals surface area contributed by atoms with Gasteiger partial charge in [0.15, 0.2) is 5.82 Å². The monoisotopic (exact) mass is 276 g/mol. The quantitative estimate of drug-likeness (QED) is 0.840. The average Bonchev–Trinajstić information content (AvgIpc) is 2.86. The van der Waals surface area contributed by atoms with Crippen LogP contribution in [-0.4, -0.2) is 39.1 Å². The van der Waals surface area contributed by atoms with Gasteiger partial charge in [0.1, 0.15) is 6.54 Å². The lowest BCUT2D eigenvalue weighted by Gasteiger charge is -2.03. The molecule has 0 bridgehead atoms. The lowest BCUT2D eigenvalue weighted by molar-refractivity contribution is -0.117. The van der Waals surface area contributed by atoms with E-state index in [1.807, 2.05) is 0 Å². The Kier molecular flexibility index (Phi) is 4.22. The van der Waals surface area contributed by atoms with Crippen molar-refractivity contribution >= 4 is 23.5 Å². The van der Waals surface area contributed by atoms with Gasteiger partial charge in [-0.2, -0.15) is 9.90 Å². The number of ether oxygens (including phenoxy) is 1. The lowest BCUT2D eigenvalue weighted by Crippen LogP contribution is -2.20. The van der Waals surface area contributed by atoms with Crippen LogP contribution in [0, 0.1) is 0 Å². The van der Waals surface area contributed by atoms with Crippen molar-refractivity contribution in [3.63, 3.8) is 0 Å². The Hall–Kier alpha value is -2.97. The Labute approximate surface area is 113 Å². The third-order valence-electron chi connectivity index (χ3n) is 2.18. The van der Waals surface area contributed by atoms with Crippen LogP contribution >= 0.6 is 0 Å². The highest BCUT2D eigenvalue weighted by atomic mass is 16.5. The molecule has 2 N–H and O–H groups in total. The first-order chi connectivity index (χ1) is 9.67. The van der Waals surface area contributed by atoms with Gasteiger partial charge in [0.05, 0.1) is 25.2 Å². The minimum atomic E-state index is -0.656. The third kappa shape index (κ3) is 3.77. The van der Waals surface area contributed by atoms with Crippen LogP contribution in [0.15, 0.2) is 30.7 Å². The Morgan fingerprint density at radius 1 is 1.35 bits per heavy atom. The molecule has 0 saturated carbocycles. The maximum absolute atomic E-state index is 11.7. The van der Waals surface area contributed by atoms with Crippen molar-refractivity contribution in [2.45, 2.75) is 6.54 Å². The molecule has 0 radical (unpaired) electrons. The molecule has 2 aromatic heterocycles. The molecule has 2 amide bonds. The molecule has 2 aromatic rings. The molecule has 0 fully saturated rings. The summed E-state index contributed by atoms with van der Waals surface area (Å²) in [6.45, 7) is -0.0856. The Morgan fingerprint density at radius 3 is 2.90 bits per heavy atom. The molecular weight excluding hydrogens is 264 g/mol. The molecule has 9 heteroatoms. The summed E-state index contributed by atoms with van der Waals surface area (Å²) in [5.41, 5.74) is 0.581. The normalized spacial score (nSPS) is 9.85. The number of nitrogens with zero attached hydrogens (tertiary/aromatic N) is 4. The van der Waals surface area contributed by atoms with Crippen molar-refractivity contribution in [3.05, 3.63) is 30.7 Å². The maximum Gasteiger partial charge on any atom is 0.412 e. The van der Waals surface area contributed by atoms with Gasteiger partial charge in [0, 0.05) is 6.20 Å².